The zero-order chi connectivity index (χ0) is 13.5. The molecule has 2 N–H and O–H groups in total. The Morgan fingerprint density at radius 1 is 1.53 bits per heavy atom. The van der Waals surface area contributed by atoms with Crippen molar-refractivity contribution in [3.05, 3.63) is 21.9 Å². The SMILES string of the molecule is COCCNC(=O)CCNC1CCCc2sccc21. The summed E-state index contributed by atoms with van der Waals surface area (Å²) in [5, 5.41) is 8.50. The molecule has 1 aromatic rings. The number of hydrogen-bond acceptors (Lipinski definition) is 4. The summed E-state index contributed by atoms with van der Waals surface area (Å²) in [6.07, 6.45) is 4.16. The van der Waals surface area contributed by atoms with E-state index in [4.69, 9.17) is 4.74 Å². The van der Waals surface area contributed by atoms with Crippen LogP contribution in [0.25, 0.3) is 0 Å². The van der Waals surface area contributed by atoms with Gasteiger partial charge in [0.1, 0.15) is 0 Å². The predicted molar refractivity (Wildman–Crippen MR) is 77.5 cm³/mol. The molecule has 1 aliphatic carbocycles. The fourth-order valence-electron chi connectivity index (χ4n) is 2.44. The standard InChI is InChI=1S/C14H22N2O2S/c1-18-9-8-16-14(17)5-7-15-12-3-2-4-13-11(12)6-10-19-13/h6,10,12,15H,2-5,7-9H2,1H3,(H,16,17). The van der Waals surface area contributed by atoms with Crippen molar-refractivity contribution >= 4 is 17.2 Å². The van der Waals surface area contributed by atoms with Crippen LogP contribution in [-0.4, -0.2) is 32.7 Å². The number of aryl methyl sites for hydroxylation is 1. The molecule has 0 aromatic carbocycles. The van der Waals surface area contributed by atoms with Gasteiger partial charge in [-0.2, -0.15) is 0 Å². The number of ether oxygens (including phenoxy) is 1. The summed E-state index contributed by atoms with van der Waals surface area (Å²) in [6.45, 7) is 1.90. The van der Waals surface area contributed by atoms with E-state index in [1.807, 2.05) is 11.3 Å². The average molecular weight is 282 g/mol. The van der Waals surface area contributed by atoms with E-state index in [0.717, 1.165) is 6.54 Å². The lowest BCUT2D eigenvalue weighted by Gasteiger charge is -2.23. The quantitative estimate of drug-likeness (QED) is 0.751. The number of amides is 1. The maximum Gasteiger partial charge on any atom is 0.221 e. The summed E-state index contributed by atoms with van der Waals surface area (Å²) in [4.78, 5) is 13.1. The fraction of sp³-hybridized carbons (Fsp3) is 0.643. The van der Waals surface area contributed by atoms with E-state index < -0.39 is 0 Å². The van der Waals surface area contributed by atoms with Crippen LogP contribution in [0.1, 0.15) is 35.7 Å². The van der Waals surface area contributed by atoms with E-state index in [2.05, 4.69) is 22.1 Å². The Bertz CT molecular complexity index is 406. The highest BCUT2D eigenvalue weighted by atomic mass is 32.1. The molecule has 0 spiro atoms. The van der Waals surface area contributed by atoms with E-state index in [0.29, 0.717) is 25.6 Å². The van der Waals surface area contributed by atoms with Crippen LogP contribution in [-0.2, 0) is 16.0 Å². The molecule has 4 nitrogen and oxygen atoms in total. The molecule has 5 heteroatoms. The van der Waals surface area contributed by atoms with Crippen LogP contribution in [0, 0.1) is 0 Å². The molecule has 0 fully saturated rings. The van der Waals surface area contributed by atoms with Crippen molar-refractivity contribution in [2.24, 2.45) is 0 Å². The molecule has 1 unspecified atom stereocenters. The first kappa shape index (κ1) is 14.5. The van der Waals surface area contributed by atoms with Crippen LogP contribution in [0.4, 0.5) is 0 Å². The lowest BCUT2D eigenvalue weighted by molar-refractivity contribution is -0.121. The average Bonchev–Trinajstić information content (AvgIpc) is 2.88. The van der Waals surface area contributed by atoms with E-state index >= 15 is 0 Å². The molecule has 1 heterocycles. The molecule has 1 amide bonds. The molecule has 0 aliphatic heterocycles. The van der Waals surface area contributed by atoms with Crippen molar-refractivity contribution in [2.75, 3.05) is 26.8 Å². The van der Waals surface area contributed by atoms with Gasteiger partial charge >= 0.3 is 0 Å². The van der Waals surface area contributed by atoms with Crippen molar-refractivity contribution < 1.29 is 9.53 Å². The Kier molecular flexibility index (Phi) is 5.82. The minimum atomic E-state index is 0.0888. The molecule has 1 aromatic heterocycles. The topological polar surface area (TPSA) is 50.4 Å². The molecular formula is C14H22N2O2S. The van der Waals surface area contributed by atoms with Gasteiger partial charge in [-0.25, -0.2) is 0 Å². The minimum absolute atomic E-state index is 0.0888. The van der Waals surface area contributed by atoms with Crippen LogP contribution < -0.4 is 10.6 Å². The molecular weight excluding hydrogens is 260 g/mol. The second-order valence-corrected chi connectivity index (χ2v) is 5.79. The van der Waals surface area contributed by atoms with Gasteiger partial charge in [0, 0.05) is 37.5 Å². The summed E-state index contributed by atoms with van der Waals surface area (Å²) >= 11 is 1.85. The number of methoxy groups -OCH3 is 1. The van der Waals surface area contributed by atoms with Crippen molar-refractivity contribution in [3.63, 3.8) is 0 Å². The number of thiophene rings is 1. The largest absolute Gasteiger partial charge is 0.383 e. The van der Waals surface area contributed by atoms with Crippen LogP contribution in [0.5, 0.6) is 0 Å². The summed E-state index contributed by atoms with van der Waals surface area (Å²) in [6, 6.07) is 2.65. The normalized spacial score (nSPS) is 18.1. The monoisotopic (exact) mass is 282 g/mol. The fourth-order valence-corrected chi connectivity index (χ4v) is 3.43. The smallest absolute Gasteiger partial charge is 0.221 e. The molecule has 1 atom stereocenters. The van der Waals surface area contributed by atoms with E-state index in [-0.39, 0.29) is 5.91 Å². The summed E-state index contributed by atoms with van der Waals surface area (Å²) < 4.78 is 4.89. The van der Waals surface area contributed by atoms with Crippen molar-refractivity contribution in [1.29, 1.82) is 0 Å². The Morgan fingerprint density at radius 2 is 2.42 bits per heavy atom. The molecule has 0 radical (unpaired) electrons. The van der Waals surface area contributed by atoms with Gasteiger partial charge in [-0.1, -0.05) is 0 Å². The predicted octanol–water partition coefficient (Wildman–Crippen LogP) is 1.87. The van der Waals surface area contributed by atoms with Gasteiger partial charge in [0.2, 0.25) is 5.91 Å². The first-order valence-corrected chi connectivity index (χ1v) is 7.74. The zero-order valence-corrected chi connectivity index (χ0v) is 12.2. The summed E-state index contributed by atoms with van der Waals surface area (Å²) in [5.41, 5.74) is 1.44. The van der Waals surface area contributed by atoms with Gasteiger partial charge in [-0.3, -0.25) is 4.79 Å². The molecule has 0 saturated carbocycles. The van der Waals surface area contributed by atoms with Gasteiger partial charge in [-0.05, 0) is 36.3 Å². The van der Waals surface area contributed by atoms with E-state index in [1.165, 1.54) is 29.7 Å². The zero-order valence-electron chi connectivity index (χ0n) is 11.4. The van der Waals surface area contributed by atoms with Crippen LogP contribution in [0.2, 0.25) is 0 Å². The molecule has 0 bridgehead atoms. The van der Waals surface area contributed by atoms with Gasteiger partial charge < -0.3 is 15.4 Å². The number of nitrogens with one attached hydrogen (secondary N) is 2. The number of rotatable bonds is 7. The molecule has 19 heavy (non-hydrogen) atoms. The molecule has 106 valence electrons. The lowest BCUT2D eigenvalue weighted by atomic mass is 9.94. The van der Waals surface area contributed by atoms with Crippen molar-refractivity contribution in [1.82, 2.24) is 10.6 Å². The Labute approximate surface area is 118 Å². The Morgan fingerprint density at radius 3 is 3.26 bits per heavy atom. The van der Waals surface area contributed by atoms with Gasteiger partial charge in [0.05, 0.1) is 6.61 Å². The highest BCUT2D eigenvalue weighted by molar-refractivity contribution is 7.10. The highest BCUT2D eigenvalue weighted by Crippen LogP contribution is 2.32. The third-order valence-electron chi connectivity index (χ3n) is 3.42. The highest BCUT2D eigenvalue weighted by Gasteiger charge is 2.20. The van der Waals surface area contributed by atoms with Gasteiger partial charge in [0.15, 0.2) is 0 Å². The number of carbonyl (C=O) groups is 1. The minimum Gasteiger partial charge on any atom is -0.383 e. The van der Waals surface area contributed by atoms with Crippen LogP contribution in [0.15, 0.2) is 11.4 Å². The third kappa shape index (κ3) is 4.30. The van der Waals surface area contributed by atoms with Crippen molar-refractivity contribution in [3.8, 4) is 0 Å². The van der Waals surface area contributed by atoms with Crippen LogP contribution >= 0.6 is 11.3 Å². The molecule has 0 saturated heterocycles. The van der Waals surface area contributed by atoms with Gasteiger partial charge in [-0.15, -0.1) is 11.3 Å². The summed E-state index contributed by atoms with van der Waals surface area (Å²) in [7, 11) is 1.63. The Hall–Kier alpha value is -0.910. The Balaban J connectivity index is 1.68. The number of fused-ring (bicyclic) bond motifs is 1. The lowest BCUT2D eigenvalue weighted by Crippen LogP contribution is -2.32. The maximum atomic E-state index is 11.6. The molecule has 1 aliphatic rings. The third-order valence-corrected chi connectivity index (χ3v) is 4.42. The van der Waals surface area contributed by atoms with E-state index in [1.54, 1.807) is 7.11 Å². The number of hydrogen-bond donors (Lipinski definition) is 2. The number of carbonyl (C=O) groups excluding carboxylic acids is 1. The first-order valence-electron chi connectivity index (χ1n) is 6.86. The second kappa shape index (κ2) is 7.62. The van der Waals surface area contributed by atoms with Crippen LogP contribution in [0.3, 0.4) is 0 Å². The second-order valence-electron chi connectivity index (χ2n) is 4.79. The first-order chi connectivity index (χ1) is 9.31. The van der Waals surface area contributed by atoms with E-state index in [9.17, 15) is 4.79 Å². The summed E-state index contributed by atoms with van der Waals surface area (Å²) in [5.74, 6) is 0.0888. The maximum absolute atomic E-state index is 11.6. The molecule has 2 rings (SSSR count). The van der Waals surface area contributed by atoms with Crippen molar-refractivity contribution in [2.45, 2.75) is 31.7 Å². The van der Waals surface area contributed by atoms with Gasteiger partial charge in [0.25, 0.3) is 0 Å².